The highest BCUT2D eigenvalue weighted by Crippen LogP contribution is 2.37. The predicted octanol–water partition coefficient (Wildman–Crippen LogP) is 4.31. The Hall–Kier alpha value is -1.04. The highest BCUT2D eigenvalue weighted by molar-refractivity contribution is 9.11. The van der Waals surface area contributed by atoms with E-state index in [1.54, 1.807) is 11.3 Å². The number of para-hydroxylation sites is 2. The second-order valence-electron chi connectivity index (χ2n) is 5.01. The minimum absolute atomic E-state index is 0.0277. The zero-order valence-corrected chi connectivity index (χ0v) is 14.5. The Bertz CT molecular complexity index is 628. The van der Waals surface area contributed by atoms with E-state index < -0.39 is 0 Å². The summed E-state index contributed by atoms with van der Waals surface area (Å²) in [5, 5.41) is 3.53. The Morgan fingerprint density at radius 1 is 1.38 bits per heavy atom. The van der Waals surface area contributed by atoms with Crippen LogP contribution < -0.4 is 14.8 Å². The van der Waals surface area contributed by atoms with Crippen molar-refractivity contribution in [2.45, 2.75) is 26.0 Å². The molecule has 3 rings (SSSR count). The number of benzene rings is 1. The molecule has 112 valence electrons. The van der Waals surface area contributed by atoms with Crippen molar-refractivity contribution >= 4 is 27.3 Å². The average molecular weight is 368 g/mol. The van der Waals surface area contributed by atoms with Gasteiger partial charge in [-0.2, -0.15) is 0 Å². The van der Waals surface area contributed by atoms with Crippen LogP contribution in [0.1, 0.15) is 23.4 Å². The molecule has 0 saturated heterocycles. The van der Waals surface area contributed by atoms with Gasteiger partial charge in [0, 0.05) is 4.88 Å². The van der Waals surface area contributed by atoms with Crippen LogP contribution in [0.4, 0.5) is 0 Å². The summed E-state index contributed by atoms with van der Waals surface area (Å²) in [5.41, 5.74) is 1.28. The molecule has 0 amide bonds. The highest BCUT2D eigenvalue weighted by atomic mass is 79.9. The number of likely N-dealkylation sites (N-methyl/N-ethyl adjacent to an activating group) is 1. The van der Waals surface area contributed by atoms with Crippen LogP contribution in [0.5, 0.6) is 11.5 Å². The summed E-state index contributed by atoms with van der Waals surface area (Å²) < 4.78 is 13.2. The fraction of sp³-hybridized carbons (Fsp3) is 0.375. The van der Waals surface area contributed by atoms with E-state index in [1.165, 1.54) is 10.4 Å². The number of fused-ring (bicyclic) bond motifs is 1. The van der Waals surface area contributed by atoms with Gasteiger partial charge in [-0.1, -0.05) is 19.1 Å². The van der Waals surface area contributed by atoms with E-state index in [9.17, 15) is 0 Å². The normalized spacial score (nSPS) is 18.5. The lowest BCUT2D eigenvalue weighted by molar-refractivity contribution is 0.0621. The van der Waals surface area contributed by atoms with Gasteiger partial charge in [0.05, 0.1) is 9.83 Å². The molecule has 0 radical (unpaired) electrons. The number of thiophene rings is 1. The lowest BCUT2D eigenvalue weighted by atomic mass is 10.0. The van der Waals surface area contributed by atoms with E-state index in [-0.39, 0.29) is 12.1 Å². The van der Waals surface area contributed by atoms with Gasteiger partial charge in [-0.05, 0) is 53.2 Å². The van der Waals surface area contributed by atoms with Gasteiger partial charge in [-0.25, -0.2) is 0 Å². The maximum atomic E-state index is 6.17. The summed E-state index contributed by atoms with van der Waals surface area (Å²) in [5.74, 6) is 1.65. The van der Waals surface area contributed by atoms with E-state index in [0.717, 1.165) is 21.8 Å². The van der Waals surface area contributed by atoms with Gasteiger partial charge in [0.25, 0.3) is 0 Å². The van der Waals surface area contributed by atoms with Gasteiger partial charge < -0.3 is 14.8 Å². The molecule has 0 aliphatic carbocycles. The first-order chi connectivity index (χ1) is 10.2. The maximum Gasteiger partial charge on any atom is 0.161 e. The fourth-order valence-electron chi connectivity index (χ4n) is 2.63. The van der Waals surface area contributed by atoms with Crippen LogP contribution in [0.15, 0.2) is 34.1 Å². The van der Waals surface area contributed by atoms with Gasteiger partial charge in [-0.3, -0.25) is 0 Å². The predicted molar refractivity (Wildman–Crippen MR) is 89.5 cm³/mol. The Balaban J connectivity index is 1.87. The molecule has 0 fully saturated rings. The number of nitrogens with one attached hydrogen (secondary N) is 1. The monoisotopic (exact) mass is 367 g/mol. The van der Waals surface area contributed by atoms with Gasteiger partial charge in [0.15, 0.2) is 17.6 Å². The van der Waals surface area contributed by atoms with Crippen molar-refractivity contribution in [3.05, 3.63) is 44.6 Å². The number of hydrogen-bond acceptors (Lipinski definition) is 4. The smallest absolute Gasteiger partial charge is 0.161 e. The van der Waals surface area contributed by atoms with Crippen molar-refractivity contribution in [2.75, 3.05) is 13.2 Å². The Morgan fingerprint density at radius 3 is 2.81 bits per heavy atom. The lowest BCUT2D eigenvalue weighted by Gasteiger charge is -2.32. The van der Waals surface area contributed by atoms with Crippen molar-refractivity contribution < 1.29 is 9.47 Å². The maximum absolute atomic E-state index is 6.17. The van der Waals surface area contributed by atoms with Crippen LogP contribution in [0.3, 0.4) is 0 Å². The third-order valence-electron chi connectivity index (χ3n) is 3.59. The van der Waals surface area contributed by atoms with Gasteiger partial charge in [0.2, 0.25) is 0 Å². The third kappa shape index (κ3) is 3.10. The summed E-state index contributed by atoms with van der Waals surface area (Å²) in [6.07, 6.45) is -0.0277. The van der Waals surface area contributed by atoms with Crippen molar-refractivity contribution in [3.8, 4) is 11.5 Å². The molecule has 1 N–H and O–H groups in total. The zero-order chi connectivity index (χ0) is 14.8. The van der Waals surface area contributed by atoms with Gasteiger partial charge >= 0.3 is 0 Å². The van der Waals surface area contributed by atoms with Crippen LogP contribution in [0, 0.1) is 6.92 Å². The van der Waals surface area contributed by atoms with E-state index in [1.807, 2.05) is 24.3 Å². The summed E-state index contributed by atoms with van der Waals surface area (Å²) >= 11 is 5.32. The third-order valence-corrected chi connectivity index (χ3v) is 5.16. The number of aryl methyl sites for hydroxylation is 1. The number of ether oxygens (including phenoxy) is 2. The molecule has 5 heteroatoms. The summed E-state index contributed by atoms with van der Waals surface area (Å²) in [4.78, 5) is 1.30. The first-order valence-corrected chi connectivity index (χ1v) is 8.67. The average Bonchev–Trinajstić information content (AvgIpc) is 2.83. The molecule has 0 bridgehead atoms. The van der Waals surface area contributed by atoms with E-state index in [0.29, 0.717) is 6.61 Å². The summed E-state index contributed by atoms with van der Waals surface area (Å²) in [6.45, 7) is 5.70. The molecule has 2 unspecified atom stereocenters. The van der Waals surface area contributed by atoms with E-state index >= 15 is 0 Å². The van der Waals surface area contributed by atoms with E-state index in [2.05, 4.69) is 41.2 Å². The van der Waals surface area contributed by atoms with Crippen molar-refractivity contribution in [1.29, 1.82) is 0 Å². The molecule has 2 atom stereocenters. The van der Waals surface area contributed by atoms with Crippen LogP contribution >= 0.6 is 27.3 Å². The molecule has 21 heavy (non-hydrogen) atoms. The molecule has 2 aromatic rings. The van der Waals surface area contributed by atoms with Crippen LogP contribution in [0.2, 0.25) is 0 Å². The highest BCUT2D eigenvalue weighted by Gasteiger charge is 2.31. The van der Waals surface area contributed by atoms with E-state index in [4.69, 9.17) is 9.47 Å². The van der Waals surface area contributed by atoms with Gasteiger partial charge in [0.1, 0.15) is 6.61 Å². The Kier molecular flexibility index (Phi) is 4.52. The minimum atomic E-state index is -0.0277. The second kappa shape index (κ2) is 6.38. The largest absolute Gasteiger partial charge is 0.486 e. The Morgan fingerprint density at radius 2 is 2.14 bits per heavy atom. The number of rotatable bonds is 4. The van der Waals surface area contributed by atoms with Crippen molar-refractivity contribution in [2.24, 2.45) is 0 Å². The lowest BCUT2D eigenvalue weighted by Crippen LogP contribution is -2.41. The first-order valence-electron chi connectivity index (χ1n) is 7.06. The zero-order valence-electron chi connectivity index (χ0n) is 12.1. The molecule has 1 aliphatic rings. The topological polar surface area (TPSA) is 30.5 Å². The SMILES string of the molecule is CCNC(c1cc(Br)sc1C)C1COc2ccccc2O1. The minimum Gasteiger partial charge on any atom is -0.486 e. The molecule has 0 spiro atoms. The van der Waals surface area contributed by atoms with Gasteiger partial charge in [-0.15, -0.1) is 11.3 Å². The molecular weight excluding hydrogens is 350 g/mol. The fourth-order valence-corrected chi connectivity index (χ4v) is 4.39. The molecule has 1 aromatic heterocycles. The first kappa shape index (κ1) is 14.9. The Labute approximate surface area is 137 Å². The number of hydrogen-bond donors (Lipinski definition) is 1. The molecule has 1 aliphatic heterocycles. The van der Waals surface area contributed by atoms with Crippen molar-refractivity contribution in [1.82, 2.24) is 5.32 Å². The van der Waals surface area contributed by atoms with Crippen LogP contribution in [0.25, 0.3) is 0 Å². The van der Waals surface area contributed by atoms with Crippen LogP contribution in [-0.2, 0) is 0 Å². The second-order valence-corrected chi connectivity index (χ2v) is 7.65. The van der Waals surface area contributed by atoms with Crippen molar-refractivity contribution in [3.63, 3.8) is 0 Å². The molecule has 2 heterocycles. The summed E-state index contributed by atoms with van der Waals surface area (Å²) in [7, 11) is 0. The molecule has 0 saturated carbocycles. The quantitative estimate of drug-likeness (QED) is 0.873. The summed E-state index contributed by atoms with van der Waals surface area (Å²) in [6, 6.07) is 10.1. The number of halogens is 1. The molecular formula is C16H18BrNO2S. The standard InChI is InChI=1S/C16H18BrNO2S/c1-3-18-16(11-8-15(17)21-10(11)2)14-9-19-12-6-4-5-7-13(12)20-14/h4-8,14,16,18H,3,9H2,1-2H3. The van der Waals surface area contributed by atoms with Crippen LogP contribution in [-0.4, -0.2) is 19.3 Å². The molecule has 1 aromatic carbocycles. The molecule has 3 nitrogen and oxygen atoms in total.